The average molecular weight is 292 g/mol. The predicted octanol–water partition coefficient (Wildman–Crippen LogP) is 2.00. The first-order valence-electron chi connectivity index (χ1n) is 7.49. The van der Waals surface area contributed by atoms with Crippen LogP contribution in [0.5, 0.6) is 0 Å². The second-order valence-electron chi connectivity index (χ2n) is 5.47. The molecule has 1 aliphatic heterocycles. The van der Waals surface area contributed by atoms with Crippen LogP contribution in [0.1, 0.15) is 20.3 Å². The summed E-state index contributed by atoms with van der Waals surface area (Å²) in [5.74, 6) is -0.287. The fraction of sp³-hybridized carbons (Fsp3) is 0.562. The lowest BCUT2D eigenvalue weighted by atomic mass is 10.1. The van der Waals surface area contributed by atoms with Crippen LogP contribution in [0.3, 0.4) is 0 Å². The smallest absolute Gasteiger partial charge is 0.232 e. The normalized spacial score (nSPS) is 21.7. The second-order valence-corrected chi connectivity index (χ2v) is 5.47. The molecule has 0 saturated carbocycles. The Morgan fingerprint density at radius 2 is 2.14 bits per heavy atom. The van der Waals surface area contributed by atoms with Crippen LogP contribution in [0.4, 0.5) is 5.69 Å². The van der Waals surface area contributed by atoms with Crippen LogP contribution >= 0.6 is 0 Å². The third-order valence-corrected chi connectivity index (χ3v) is 3.35. The number of carbonyl (C=O) groups is 1. The maximum atomic E-state index is 12.3. The Morgan fingerprint density at radius 3 is 2.86 bits per heavy atom. The van der Waals surface area contributed by atoms with Crippen molar-refractivity contribution in [3.63, 3.8) is 0 Å². The molecular weight excluding hydrogens is 268 g/mol. The van der Waals surface area contributed by atoms with E-state index < -0.39 is 6.29 Å². The molecule has 1 fully saturated rings. The third kappa shape index (κ3) is 5.12. The van der Waals surface area contributed by atoms with Gasteiger partial charge in [0, 0.05) is 18.3 Å². The molecule has 2 N–H and O–H groups in total. The van der Waals surface area contributed by atoms with E-state index in [0.29, 0.717) is 25.7 Å². The largest absolute Gasteiger partial charge is 0.352 e. The summed E-state index contributed by atoms with van der Waals surface area (Å²) in [5, 5.41) is 6.18. The third-order valence-electron chi connectivity index (χ3n) is 3.35. The summed E-state index contributed by atoms with van der Waals surface area (Å²) in [4.78, 5) is 12.3. The van der Waals surface area contributed by atoms with Crippen LogP contribution < -0.4 is 10.6 Å². The van der Waals surface area contributed by atoms with Crippen molar-refractivity contribution >= 4 is 11.6 Å². The number of carbonyl (C=O) groups excluding carboxylic acids is 1. The zero-order chi connectivity index (χ0) is 15.1. The van der Waals surface area contributed by atoms with Crippen LogP contribution in [0.25, 0.3) is 0 Å². The van der Waals surface area contributed by atoms with E-state index in [1.54, 1.807) is 0 Å². The summed E-state index contributed by atoms with van der Waals surface area (Å²) in [5.41, 5.74) is 0.801. The molecule has 1 aromatic carbocycles. The van der Waals surface area contributed by atoms with Crippen LogP contribution in [0.15, 0.2) is 30.3 Å². The molecule has 21 heavy (non-hydrogen) atoms. The minimum atomic E-state index is -0.442. The molecule has 5 nitrogen and oxygen atoms in total. The van der Waals surface area contributed by atoms with Gasteiger partial charge in [-0.1, -0.05) is 32.0 Å². The summed E-state index contributed by atoms with van der Waals surface area (Å²) in [6, 6.07) is 9.88. The van der Waals surface area contributed by atoms with E-state index in [9.17, 15) is 4.79 Å². The molecule has 2 unspecified atom stereocenters. The molecule has 1 amide bonds. The van der Waals surface area contributed by atoms with Gasteiger partial charge in [-0.15, -0.1) is 0 Å². The molecule has 1 aromatic rings. The average Bonchev–Trinajstić information content (AvgIpc) is 2.93. The number of hydrogen-bond donors (Lipinski definition) is 2. The first kappa shape index (κ1) is 15.9. The number of amides is 1. The van der Waals surface area contributed by atoms with Crippen molar-refractivity contribution in [1.82, 2.24) is 5.32 Å². The molecule has 2 atom stereocenters. The van der Waals surface area contributed by atoms with Gasteiger partial charge >= 0.3 is 0 Å². The van der Waals surface area contributed by atoms with Gasteiger partial charge in [0.15, 0.2) is 6.29 Å². The van der Waals surface area contributed by atoms with Crippen LogP contribution in [0, 0.1) is 5.92 Å². The lowest BCUT2D eigenvalue weighted by Gasteiger charge is -2.19. The Bertz CT molecular complexity index is 436. The molecule has 1 saturated heterocycles. The van der Waals surface area contributed by atoms with E-state index in [0.717, 1.165) is 12.2 Å². The minimum Gasteiger partial charge on any atom is -0.352 e. The quantitative estimate of drug-likeness (QED) is 0.755. The highest BCUT2D eigenvalue weighted by Gasteiger charge is 2.34. The molecular formula is C16H24N2O3. The van der Waals surface area contributed by atoms with Gasteiger partial charge in [-0.3, -0.25) is 4.79 Å². The highest BCUT2D eigenvalue weighted by Crippen LogP contribution is 2.23. The topological polar surface area (TPSA) is 59.6 Å². The Balaban J connectivity index is 1.79. The summed E-state index contributed by atoms with van der Waals surface area (Å²) >= 11 is 0. The summed E-state index contributed by atoms with van der Waals surface area (Å²) < 4.78 is 11.2. The van der Waals surface area contributed by atoms with E-state index in [4.69, 9.17) is 9.47 Å². The SMILES string of the molecule is CC(C)NCCOC1OCCC1C(=O)Nc1ccccc1. The first-order valence-corrected chi connectivity index (χ1v) is 7.49. The molecule has 116 valence electrons. The van der Waals surface area contributed by atoms with Gasteiger partial charge in [0.05, 0.1) is 19.1 Å². The number of nitrogens with one attached hydrogen (secondary N) is 2. The van der Waals surface area contributed by atoms with E-state index in [1.807, 2.05) is 30.3 Å². The van der Waals surface area contributed by atoms with Crippen molar-refractivity contribution in [2.75, 3.05) is 25.1 Å². The summed E-state index contributed by atoms with van der Waals surface area (Å²) in [7, 11) is 0. The van der Waals surface area contributed by atoms with Crippen molar-refractivity contribution in [3.8, 4) is 0 Å². The number of ether oxygens (including phenoxy) is 2. The van der Waals surface area contributed by atoms with E-state index in [-0.39, 0.29) is 11.8 Å². The van der Waals surface area contributed by atoms with Gasteiger partial charge in [0.1, 0.15) is 0 Å². The molecule has 5 heteroatoms. The van der Waals surface area contributed by atoms with Crippen molar-refractivity contribution < 1.29 is 14.3 Å². The number of hydrogen-bond acceptors (Lipinski definition) is 4. The molecule has 2 rings (SSSR count). The zero-order valence-corrected chi connectivity index (χ0v) is 12.7. The lowest BCUT2D eigenvalue weighted by Crippen LogP contribution is -2.34. The maximum Gasteiger partial charge on any atom is 0.232 e. The van der Waals surface area contributed by atoms with Gasteiger partial charge in [-0.2, -0.15) is 0 Å². The fourth-order valence-corrected chi connectivity index (χ4v) is 2.26. The van der Waals surface area contributed by atoms with Crippen LogP contribution in [0.2, 0.25) is 0 Å². The monoisotopic (exact) mass is 292 g/mol. The molecule has 1 heterocycles. The molecule has 0 bridgehead atoms. The van der Waals surface area contributed by atoms with Crippen molar-refractivity contribution in [3.05, 3.63) is 30.3 Å². The van der Waals surface area contributed by atoms with Crippen molar-refractivity contribution in [1.29, 1.82) is 0 Å². The zero-order valence-electron chi connectivity index (χ0n) is 12.7. The minimum absolute atomic E-state index is 0.0412. The van der Waals surface area contributed by atoms with E-state index >= 15 is 0 Å². The molecule has 1 aliphatic rings. The Labute approximate surface area is 126 Å². The van der Waals surface area contributed by atoms with Crippen LogP contribution in [-0.4, -0.2) is 38.0 Å². The Kier molecular flexibility index (Phi) is 6.17. The second kappa shape index (κ2) is 8.12. The first-order chi connectivity index (χ1) is 10.2. The van der Waals surface area contributed by atoms with Gasteiger partial charge in [-0.05, 0) is 18.6 Å². The summed E-state index contributed by atoms with van der Waals surface area (Å²) in [6.07, 6.45) is 0.253. The summed E-state index contributed by atoms with van der Waals surface area (Å²) in [6.45, 7) is 6.03. The molecule has 0 spiro atoms. The van der Waals surface area contributed by atoms with Gasteiger partial charge in [0.25, 0.3) is 0 Å². The molecule has 0 aromatic heterocycles. The Hall–Kier alpha value is -1.43. The molecule has 0 radical (unpaired) electrons. The van der Waals surface area contributed by atoms with Crippen molar-refractivity contribution in [2.24, 2.45) is 5.92 Å². The van der Waals surface area contributed by atoms with Gasteiger partial charge in [0.2, 0.25) is 5.91 Å². The van der Waals surface area contributed by atoms with Gasteiger partial charge in [-0.25, -0.2) is 0 Å². The number of para-hydroxylation sites is 1. The fourth-order valence-electron chi connectivity index (χ4n) is 2.26. The Morgan fingerprint density at radius 1 is 1.38 bits per heavy atom. The van der Waals surface area contributed by atoms with E-state index in [2.05, 4.69) is 24.5 Å². The predicted molar refractivity (Wildman–Crippen MR) is 82.0 cm³/mol. The lowest BCUT2D eigenvalue weighted by molar-refractivity contribution is -0.146. The number of rotatable bonds is 7. The maximum absolute atomic E-state index is 12.3. The highest BCUT2D eigenvalue weighted by atomic mass is 16.7. The number of anilines is 1. The standard InChI is InChI=1S/C16H24N2O3/c1-12(2)17-9-11-21-16-14(8-10-20-16)15(19)18-13-6-4-3-5-7-13/h3-7,12,14,16-17H,8-11H2,1-2H3,(H,18,19). The molecule has 0 aliphatic carbocycles. The van der Waals surface area contributed by atoms with E-state index in [1.165, 1.54) is 0 Å². The van der Waals surface area contributed by atoms with Crippen LogP contribution in [-0.2, 0) is 14.3 Å². The number of benzene rings is 1. The van der Waals surface area contributed by atoms with Crippen molar-refractivity contribution in [2.45, 2.75) is 32.6 Å². The van der Waals surface area contributed by atoms with Gasteiger partial charge < -0.3 is 20.1 Å². The highest BCUT2D eigenvalue weighted by molar-refractivity contribution is 5.92.